The predicted octanol–water partition coefficient (Wildman–Crippen LogP) is 3.84. The second kappa shape index (κ2) is 6.88. The zero-order chi connectivity index (χ0) is 14.5. The van der Waals surface area contributed by atoms with E-state index < -0.39 is 0 Å². The standard InChI is InChI=1S/C19H24N2/c1-2-12-20-13-14-21(16-20)15-18-10-6-7-11-19(18)17-8-4-3-5-9-17/h3-11H,2,12-16H2,1H3. The molecule has 1 fully saturated rings. The van der Waals surface area contributed by atoms with E-state index in [1.807, 2.05) is 0 Å². The Balaban J connectivity index is 1.75. The molecule has 110 valence electrons. The first-order valence-electron chi connectivity index (χ1n) is 7.95. The minimum Gasteiger partial charge on any atom is -0.289 e. The molecule has 0 spiro atoms. The lowest BCUT2D eigenvalue weighted by molar-refractivity contribution is 0.241. The van der Waals surface area contributed by atoms with Gasteiger partial charge in [-0.2, -0.15) is 0 Å². The highest BCUT2D eigenvalue weighted by molar-refractivity contribution is 5.67. The first kappa shape index (κ1) is 14.3. The monoisotopic (exact) mass is 280 g/mol. The topological polar surface area (TPSA) is 6.48 Å². The smallest absolute Gasteiger partial charge is 0.0510 e. The number of nitrogens with zero attached hydrogens (tertiary/aromatic N) is 2. The maximum absolute atomic E-state index is 2.55. The molecule has 2 aromatic carbocycles. The van der Waals surface area contributed by atoms with Gasteiger partial charge in [0.05, 0.1) is 6.67 Å². The van der Waals surface area contributed by atoms with Crippen LogP contribution in [-0.2, 0) is 6.54 Å². The van der Waals surface area contributed by atoms with Crippen LogP contribution in [0.4, 0.5) is 0 Å². The highest BCUT2D eigenvalue weighted by Gasteiger charge is 2.19. The molecule has 3 rings (SSSR count). The Hall–Kier alpha value is -1.64. The molecule has 0 saturated carbocycles. The SMILES string of the molecule is CCCN1CCN(Cc2ccccc2-c2ccccc2)C1. The fourth-order valence-electron chi connectivity index (χ4n) is 3.13. The molecule has 1 aliphatic heterocycles. The number of rotatable bonds is 5. The van der Waals surface area contributed by atoms with Gasteiger partial charge in [0.1, 0.15) is 0 Å². The second-order valence-corrected chi connectivity index (χ2v) is 5.84. The number of benzene rings is 2. The van der Waals surface area contributed by atoms with Crippen LogP contribution in [0.3, 0.4) is 0 Å². The number of hydrogen-bond donors (Lipinski definition) is 0. The molecule has 0 N–H and O–H groups in total. The van der Waals surface area contributed by atoms with Gasteiger partial charge in [0.15, 0.2) is 0 Å². The van der Waals surface area contributed by atoms with Gasteiger partial charge in [-0.3, -0.25) is 9.80 Å². The van der Waals surface area contributed by atoms with E-state index in [0.29, 0.717) is 0 Å². The molecule has 1 heterocycles. The van der Waals surface area contributed by atoms with Crippen molar-refractivity contribution in [3.63, 3.8) is 0 Å². The van der Waals surface area contributed by atoms with Crippen molar-refractivity contribution in [2.45, 2.75) is 19.9 Å². The van der Waals surface area contributed by atoms with Crippen molar-refractivity contribution in [1.82, 2.24) is 9.80 Å². The van der Waals surface area contributed by atoms with Gasteiger partial charge >= 0.3 is 0 Å². The van der Waals surface area contributed by atoms with Gasteiger partial charge in [-0.15, -0.1) is 0 Å². The Morgan fingerprint density at radius 2 is 1.57 bits per heavy atom. The maximum Gasteiger partial charge on any atom is 0.0510 e. The zero-order valence-electron chi connectivity index (χ0n) is 12.8. The molecule has 1 aliphatic rings. The lowest BCUT2D eigenvalue weighted by atomic mass is 9.99. The second-order valence-electron chi connectivity index (χ2n) is 5.84. The first-order valence-corrected chi connectivity index (χ1v) is 7.95. The fraction of sp³-hybridized carbons (Fsp3) is 0.368. The van der Waals surface area contributed by atoms with Crippen LogP contribution in [0, 0.1) is 0 Å². The quantitative estimate of drug-likeness (QED) is 0.821. The van der Waals surface area contributed by atoms with Crippen LogP contribution < -0.4 is 0 Å². The maximum atomic E-state index is 2.55. The molecule has 0 radical (unpaired) electrons. The summed E-state index contributed by atoms with van der Waals surface area (Å²) in [7, 11) is 0. The Kier molecular flexibility index (Phi) is 4.69. The molecule has 1 saturated heterocycles. The van der Waals surface area contributed by atoms with Gasteiger partial charge in [0.25, 0.3) is 0 Å². The van der Waals surface area contributed by atoms with Gasteiger partial charge in [-0.1, -0.05) is 61.5 Å². The summed E-state index contributed by atoms with van der Waals surface area (Å²) in [4.78, 5) is 5.10. The Morgan fingerprint density at radius 3 is 2.38 bits per heavy atom. The van der Waals surface area contributed by atoms with Crippen LogP contribution in [0.25, 0.3) is 11.1 Å². The van der Waals surface area contributed by atoms with E-state index >= 15 is 0 Å². The van der Waals surface area contributed by atoms with E-state index in [2.05, 4.69) is 71.3 Å². The molecule has 0 aliphatic carbocycles. The van der Waals surface area contributed by atoms with Gasteiger partial charge in [0.2, 0.25) is 0 Å². The highest BCUT2D eigenvalue weighted by Crippen LogP contribution is 2.25. The van der Waals surface area contributed by atoms with Crippen LogP contribution in [0.5, 0.6) is 0 Å². The molecule has 2 nitrogen and oxygen atoms in total. The van der Waals surface area contributed by atoms with Crippen LogP contribution in [0.1, 0.15) is 18.9 Å². The Bertz CT molecular complexity index is 565. The van der Waals surface area contributed by atoms with E-state index in [0.717, 1.165) is 13.2 Å². The van der Waals surface area contributed by atoms with Crippen molar-refractivity contribution in [3.8, 4) is 11.1 Å². The predicted molar refractivity (Wildman–Crippen MR) is 89.0 cm³/mol. The van der Waals surface area contributed by atoms with E-state index in [1.54, 1.807) is 0 Å². The third-order valence-corrected chi connectivity index (χ3v) is 4.17. The van der Waals surface area contributed by atoms with Gasteiger partial charge in [-0.05, 0) is 29.7 Å². The summed E-state index contributed by atoms with van der Waals surface area (Å²) in [6.07, 6.45) is 1.24. The molecule has 0 atom stereocenters. The molecular weight excluding hydrogens is 256 g/mol. The van der Waals surface area contributed by atoms with Gasteiger partial charge < -0.3 is 0 Å². The van der Waals surface area contributed by atoms with Crippen molar-refractivity contribution in [3.05, 3.63) is 60.2 Å². The molecule has 0 amide bonds. The Morgan fingerprint density at radius 1 is 0.857 bits per heavy atom. The van der Waals surface area contributed by atoms with Crippen molar-refractivity contribution in [1.29, 1.82) is 0 Å². The lowest BCUT2D eigenvalue weighted by Crippen LogP contribution is -2.25. The van der Waals surface area contributed by atoms with Crippen molar-refractivity contribution >= 4 is 0 Å². The average molecular weight is 280 g/mol. The van der Waals surface area contributed by atoms with Crippen LogP contribution in [0.15, 0.2) is 54.6 Å². The average Bonchev–Trinajstić information content (AvgIpc) is 2.96. The summed E-state index contributed by atoms with van der Waals surface area (Å²) < 4.78 is 0. The summed E-state index contributed by atoms with van der Waals surface area (Å²) >= 11 is 0. The molecule has 0 bridgehead atoms. The van der Waals surface area contributed by atoms with E-state index in [9.17, 15) is 0 Å². The minimum atomic E-state index is 1.05. The van der Waals surface area contributed by atoms with Crippen LogP contribution >= 0.6 is 0 Å². The summed E-state index contributed by atoms with van der Waals surface area (Å²) in [6, 6.07) is 19.5. The highest BCUT2D eigenvalue weighted by atomic mass is 15.4. The van der Waals surface area contributed by atoms with Gasteiger partial charge in [-0.25, -0.2) is 0 Å². The molecular formula is C19H24N2. The summed E-state index contributed by atoms with van der Waals surface area (Å²) in [5, 5.41) is 0. The molecule has 2 aromatic rings. The zero-order valence-corrected chi connectivity index (χ0v) is 12.8. The van der Waals surface area contributed by atoms with Crippen molar-refractivity contribution in [2.24, 2.45) is 0 Å². The van der Waals surface area contributed by atoms with E-state index in [1.165, 1.54) is 42.7 Å². The molecule has 0 aromatic heterocycles. The van der Waals surface area contributed by atoms with E-state index in [-0.39, 0.29) is 0 Å². The minimum absolute atomic E-state index is 1.05. The van der Waals surface area contributed by atoms with E-state index in [4.69, 9.17) is 0 Å². The largest absolute Gasteiger partial charge is 0.289 e. The molecule has 21 heavy (non-hydrogen) atoms. The normalized spacial score (nSPS) is 16.4. The Labute approximate surface area is 128 Å². The lowest BCUT2D eigenvalue weighted by Gasteiger charge is -2.19. The third kappa shape index (κ3) is 3.52. The third-order valence-electron chi connectivity index (χ3n) is 4.17. The van der Waals surface area contributed by atoms with Crippen molar-refractivity contribution < 1.29 is 0 Å². The number of hydrogen-bond acceptors (Lipinski definition) is 2. The van der Waals surface area contributed by atoms with Crippen LogP contribution in [-0.4, -0.2) is 36.1 Å². The first-order chi connectivity index (χ1) is 10.4. The molecule has 2 heteroatoms. The summed E-state index contributed by atoms with van der Waals surface area (Å²) in [6.45, 7) is 8.02. The van der Waals surface area contributed by atoms with Crippen LogP contribution in [0.2, 0.25) is 0 Å². The summed E-state index contributed by atoms with van der Waals surface area (Å²) in [5.74, 6) is 0. The fourth-order valence-corrected chi connectivity index (χ4v) is 3.13. The van der Waals surface area contributed by atoms with Crippen molar-refractivity contribution in [2.75, 3.05) is 26.3 Å². The summed E-state index contributed by atoms with van der Waals surface area (Å²) in [5.41, 5.74) is 4.12. The molecule has 0 unspecified atom stereocenters. The van der Waals surface area contributed by atoms with Gasteiger partial charge in [0, 0.05) is 19.6 Å².